The van der Waals surface area contributed by atoms with Crippen LogP contribution in [0.4, 0.5) is 34.1 Å². The molecule has 0 radical (unpaired) electrons. The van der Waals surface area contributed by atoms with Crippen LogP contribution in [-0.2, 0) is 21.7 Å². The van der Waals surface area contributed by atoms with Crippen LogP contribution in [0.3, 0.4) is 0 Å². The lowest BCUT2D eigenvalue weighted by Gasteiger charge is -2.47. The Morgan fingerprint density at radius 1 is 0.194 bits per heavy atom. The molecule has 4 heteroatoms. The SMILES string of the molecule is CC1(C)c2ccccc2C2(c3ccccc3-c3cc(-c4cccc(N(c5ccc(-c6ccc(N(c7ccccc7)c7ccc8c(c7)sc7ccccc78)c(-c7ccc8c(c7)C(C)(C)c7ccccc7C87c8ccccc8-c8ccccc87)c6)cc5)c5ccc6sc7ccccc7c6c5)c4)ccc32)c2ccccc21. The van der Waals surface area contributed by atoms with Gasteiger partial charge in [-0.05, 0) is 220 Å². The number of hydrogen-bond acceptors (Lipinski definition) is 4. The van der Waals surface area contributed by atoms with E-state index in [0.29, 0.717) is 0 Å². The molecule has 4 aliphatic rings. The van der Waals surface area contributed by atoms with Gasteiger partial charge in [-0.1, -0.05) is 289 Å². The quantitative estimate of drug-likeness (QED) is 0.142. The molecule has 108 heavy (non-hydrogen) atoms. The summed E-state index contributed by atoms with van der Waals surface area (Å²) in [6.07, 6.45) is 0. The summed E-state index contributed by atoms with van der Waals surface area (Å²) in [7, 11) is 0. The molecule has 2 aromatic heterocycles. The van der Waals surface area contributed by atoms with Crippen LogP contribution >= 0.6 is 22.7 Å². The average molecular weight is 1410 g/mol. The van der Waals surface area contributed by atoms with Crippen molar-refractivity contribution in [2.24, 2.45) is 0 Å². The van der Waals surface area contributed by atoms with Crippen LogP contribution in [0.15, 0.2) is 364 Å². The van der Waals surface area contributed by atoms with E-state index < -0.39 is 10.8 Å². The zero-order valence-electron chi connectivity index (χ0n) is 60.4. The summed E-state index contributed by atoms with van der Waals surface area (Å²) >= 11 is 3.73. The number of thiophene rings is 2. The molecule has 0 unspecified atom stereocenters. The van der Waals surface area contributed by atoms with Gasteiger partial charge in [0.25, 0.3) is 0 Å². The van der Waals surface area contributed by atoms with Gasteiger partial charge in [0.05, 0.1) is 16.5 Å². The number of fused-ring (bicyclic) bond motifs is 24. The van der Waals surface area contributed by atoms with Gasteiger partial charge in [0.15, 0.2) is 0 Å². The molecule has 0 atom stereocenters. The van der Waals surface area contributed by atoms with Gasteiger partial charge in [-0.15, -0.1) is 22.7 Å². The summed E-state index contributed by atoms with van der Waals surface area (Å²) in [5.74, 6) is 0. The maximum absolute atomic E-state index is 2.56. The minimum Gasteiger partial charge on any atom is -0.310 e. The molecular weight excluding hydrogens is 1340 g/mol. The van der Waals surface area contributed by atoms with Gasteiger partial charge in [-0.25, -0.2) is 0 Å². The van der Waals surface area contributed by atoms with Crippen molar-refractivity contribution in [3.05, 3.63) is 431 Å². The first-order chi connectivity index (χ1) is 53.0. The molecule has 2 spiro atoms. The third kappa shape index (κ3) is 8.87. The molecule has 22 rings (SSSR count). The first-order valence-electron chi connectivity index (χ1n) is 37.8. The highest BCUT2D eigenvalue weighted by molar-refractivity contribution is 7.26. The number of hydrogen-bond donors (Lipinski definition) is 0. The molecule has 2 nitrogen and oxygen atoms in total. The van der Waals surface area contributed by atoms with Crippen molar-refractivity contribution in [2.75, 3.05) is 9.80 Å². The van der Waals surface area contributed by atoms with Crippen LogP contribution < -0.4 is 9.80 Å². The van der Waals surface area contributed by atoms with E-state index in [4.69, 9.17) is 0 Å². The van der Waals surface area contributed by atoms with Gasteiger partial charge >= 0.3 is 0 Å². The Kier molecular flexibility index (Phi) is 13.7. The molecule has 510 valence electrons. The van der Waals surface area contributed by atoms with E-state index >= 15 is 0 Å². The largest absolute Gasteiger partial charge is 0.310 e. The van der Waals surface area contributed by atoms with Gasteiger partial charge in [-0.2, -0.15) is 0 Å². The van der Waals surface area contributed by atoms with Gasteiger partial charge in [0.2, 0.25) is 0 Å². The zero-order chi connectivity index (χ0) is 71.8. The average Bonchev–Trinajstić information content (AvgIpc) is 1.48. The van der Waals surface area contributed by atoms with Crippen molar-refractivity contribution in [2.45, 2.75) is 49.4 Å². The second-order valence-corrected chi connectivity index (χ2v) is 33.1. The Morgan fingerprint density at radius 3 is 1.22 bits per heavy atom. The Balaban J connectivity index is 0.708. The van der Waals surface area contributed by atoms with Crippen LogP contribution in [0.5, 0.6) is 0 Å². The van der Waals surface area contributed by atoms with Crippen LogP contribution in [0, 0.1) is 0 Å². The predicted molar refractivity (Wildman–Crippen MR) is 457 cm³/mol. The smallest absolute Gasteiger partial charge is 0.0719 e. The topological polar surface area (TPSA) is 6.48 Å². The third-order valence-electron chi connectivity index (χ3n) is 24.8. The van der Waals surface area contributed by atoms with Crippen molar-refractivity contribution in [1.29, 1.82) is 0 Å². The van der Waals surface area contributed by atoms with E-state index in [-0.39, 0.29) is 10.8 Å². The minimum atomic E-state index is -0.513. The highest BCUT2D eigenvalue weighted by Gasteiger charge is 2.55. The number of nitrogens with zero attached hydrogens (tertiary/aromatic N) is 2. The first kappa shape index (κ1) is 62.9. The monoisotopic (exact) mass is 1410 g/mol. The van der Waals surface area contributed by atoms with Gasteiger partial charge < -0.3 is 9.80 Å². The molecule has 16 aromatic carbocycles. The number of para-hydroxylation sites is 1. The molecule has 0 saturated heterocycles. The van der Waals surface area contributed by atoms with Crippen molar-refractivity contribution < 1.29 is 0 Å². The summed E-state index contributed by atoms with van der Waals surface area (Å²) in [5, 5.41) is 5.11. The predicted octanol–water partition coefficient (Wildman–Crippen LogP) is 28.4. The molecule has 2 heterocycles. The van der Waals surface area contributed by atoms with E-state index in [2.05, 4.69) is 401 Å². The van der Waals surface area contributed by atoms with E-state index in [9.17, 15) is 0 Å². The Morgan fingerprint density at radius 2 is 0.583 bits per heavy atom. The fourth-order valence-corrected chi connectivity index (χ4v) is 22.2. The lowest BCUT2D eigenvalue weighted by Crippen LogP contribution is -2.40. The minimum absolute atomic E-state index is 0.167. The van der Waals surface area contributed by atoms with Crippen LogP contribution in [0.25, 0.3) is 96.0 Å². The number of anilines is 6. The Hall–Kier alpha value is -12.4. The highest BCUT2D eigenvalue weighted by atomic mass is 32.1. The molecule has 0 fully saturated rings. The van der Waals surface area contributed by atoms with Gasteiger partial charge in [0.1, 0.15) is 0 Å². The Labute approximate surface area is 638 Å². The highest BCUT2D eigenvalue weighted by Crippen LogP contribution is 2.65. The number of benzene rings is 16. The van der Waals surface area contributed by atoms with E-state index in [1.54, 1.807) is 0 Å². The molecule has 4 aliphatic carbocycles. The van der Waals surface area contributed by atoms with Crippen molar-refractivity contribution >= 4 is 97.1 Å². The van der Waals surface area contributed by atoms with Crippen molar-refractivity contribution in [3.63, 3.8) is 0 Å². The first-order valence-corrected chi connectivity index (χ1v) is 39.4. The summed E-state index contributed by atoms with van der Waals surface area (Å²) in [4.78, 5) is 4.96. The maximum atomic E-state index is 2.56. The standard InChI is InChI=1S/C104H72N2S2/c1-101(2)88-37-16-19-40-91(88)104(92-41-20-17-38-89(92)101)86-36-15-10-31-77(86)82-61-68(47-55-87(82)104)66-25-24-28-72(59-66)105(73-53-58-99-83(63-73)79-33-12-23-44-98(79)107-99)71-50-45-65(46-51-71)67-49-57-96(106(70-26-6-5-7-27-70)74-52-54-80-78-32-11-22-43-97(78)108-100(80)64-74)81(60-67)69-48-56-94-95(62-69)102(3,4)90-39-18-21-42-93(90)103(94)84-34-13-8-29-75(84)76-30-9-14-35-85(76)103/h5-64H,1-4H3. The molecule has 0 amide bonds. The second-order valence-electron chi connectivity index (χ2n) is 30.9. The zero-order valence-corrected chi connectivity index (χ0v) is 62.0. The molecule has 18 aromatic rings. The lowest BCUT2D eigenvalue weighted by atomic mass is 9.55. The molecule has 0 saturated carbocycles. The summed E-state index contributed by atoms with van der Waals surface area (Å²) in [6, 6.07) is 139. The molecule has 0 N–H and O–H groups in total. The fraction of sp³-hybridized carbons (Fsp3) is 0.0769. The second kappa shape index (κ2) is 23.5. The third-order valence-corrected chi connectivity index (χ3v) is 27.1. The van der Waals surface area contributed by atoms with Gasteiger partial charge in [-0.3, -0.25) is 0 Å². The normalized spacial score (nSPS) is 14.6. The Bertz CT molecular complexity index is 6690. The van der Waals surface area contributed by atoms with Crippen LogP contribution in [-0.4, -0.2) is 0 Å². The summed E-state index contributed by atoms with van der Waals surface area (Å²) < 4.78 is 5.12. The summed E-state index contributed by atoms with van der Waals surface area (Å²) in [5.41, 5.74) is 33.4. The van der Waals surface area contributed by atoms with Gasteiger partial charge in [0, 0.05) is 85.2 Å². The summed E-state index contributed by atoms with van der Waals surface area (Å²) in [6.45, 7) is 9.69. The van der Waals surface area contributed by atoms with Crippen LogP contribution in [0.1, 0.15) is 94.5 Å². The molecule has 0 bridgehead atoms. The van der Waals surface area contributed by atoms with E-state index in [1.165, 1.54) is 135 Å². The molecule has 0 aliphatic heterocycles. The van der Waals surface area contributed by atoms with Crippen LogP contribution in [0.2, 0.25) is 0 Å². The number of rotatable bonds is 9. The van der Waals surface area contributed by atoms with Crippen molar-refractivity contribution in [1.82, 2.24) is 0 Å². The fourth-order valence-electron chi connectivity index (χ4n) is 20.0. The maximum Gasteiger partial charge on any atom is 0.0719 e. The van der Waals surface area contributed by atoms with Crippen molar-refractivity contribution in [3.8, 4) is 55.6 Å². The van der Waals surface area contributed by atoms with E-state index in [0.717, 1.165) is 61.9 Å². The lowest BCUT2D eigenvalue weighted by molar-refractivity contribution is 0.563. The van der Waals surface area contributed by atoms with E-state index in [1.807, 2.05) is 22.7 Å². The molecular formula is C104H72N2S2.